The number of anilines is 1. The van der Waals surface area contributed by atoms with Crippen molar-refractivity contribution in [3.05, 3.63) is 36.5 Å². The number of carbonyl (C=O) groups excluding carboxylic acids is 1. The molecule has 8 heteroatoms. The number of para-hydroxylation sites is 1. The number of ether oxygens (including phenoxy) is 3. The Morgan fingerprint density at radius 1 is 1.03 bits per heavy atom. The third-order valence-corrected chi connectivity index (χ3v) is 6.71. The van der Waals surface area contributed by atoms with Gasteiger partial charge >= 0.3 is 0 Å². The third kappa shape index (κ3) is 4.29. The predicted octanol–water partition coefficient (Wildman–Crippen LogP) is 2.80. The van der Waals surface area contributed by atoms with E-state index in [1.54, 1.807) is 13.3 Å². The molecule has 3 fully saturated rings. The highest BCUT2D eigenvalue weighted by molar-refractivity contribution is 5.79. The van der Waals surface area contributed by atoms with E-state index in [-0.39, 0.29) is 36.1 Å². The number of nitrogens with zero attached hydrogens (tertiary/aromatic N) is 2. The first-order valence-electron chi connectivity index (χ1n) is 11.5. The summed E-state index contributed by atoms with van der Waals surface area (Å²) in [6.45, 7) is 0.946. The number of rotatable bonds is 6. The van der Waals surface area contributed by atoms with Gasteiger partial charge < -0.3 is 24.8 Å². The molecular weight excluding hydrogens is 408 g/mol. The minimum Gasteiger partial charge on any atom is -0.496 e. The largest absolute Gasteiger partial charge is 0.496 e. The van der Waals surface area contributed by atoms with Gasteiger partial charge in [0.1, 0.15) is 18.0 Å². The zero-order valence-corrected chi connectivity index (χ0v) is 18.3. The van der Waals surface area contributed by atoms with Crippen molar-refractivity contribution in [3.63, 3.8) is 0 Å². The molecule has 170 valence electrons. The van der Waals surface area contributed by atoms with E-state index in [2.05, 4.69) is 20.6 Å². The molecule has 0 bridgehead atoms. The second-order valence-electron chi connectivity index (χ2n) is 8.76. The molecule has 2 aromatic rings. The van der Waals surface area contributed by atoms with E-state index >= 15 is 0 Å². The van der Waals surface area contributed by atoms with Crippen molar-refractivity contribution in [1.82, 2.24) is 15.3 Å². The minimum atomic E-state index is -0.155. The monoisotopic (exact) mass is 438 g/mol. The Morgan fingerprint density at radius 3 is 2.59 bits per heavy atom. The van der Waals surface area contributed by atoms with Crippen LogP contribution in [0.3, 0.4) is 0 Å². The molecule has 1 aromatic carbocycles. The van der Waals surface area contributed by atoms with E-state index in [1.807, 2.05) is 30.3 Å². The summed E-state index contributed by atoms with van der Waals surface area (Å²) in [6.07, 6.45) is 6.91. The second kappa shape index (κ2) is 9.42. The number of hydrogen-bond acceptors (Lipinski definition) is 7. The van der Waals surface area contributed by atoms with Gasteiger partial charge in [0.15, 0.2) is 0 Å². The molecule has 3 aliphatic rings. The van der Waals surface area contributed by atoms with Crippen molar-refractivity contribution in [2.75, 3.05) is 25.6 Å². The van der Waals surface area contributed by atoms with Crippen LogP contribution in [-0.2, 0) is 14.3 Å². The van der Waals surface area contributed by atoms with E-state index in [4.69, 9.17) is 14.2 Å². The van der Waals surface area contributed by atoms with Crippen LogP contribution in [0.5, 0.6) is 5.75 Å². The summed E-state index contributed by atoms with van der Waals surface area (Å²) in [6, 6.07) is 9.44. The molecule has 4 atom stereocenters. The van der Waals surface area contributed by atoms with Gasteiger partial charge in [-0.15, -0.1) is 0 Å². The number of hydrogen-bond donors (Lipinski definition) is 2. The zero-order chi connectivity index (χ0) is 21.9. The molecule has 0 spiro atoms. The molecule has 1 saturated carbocycles. The molecule has 1 aromatic heterocycles. The van der Waals surface area contributed by atoms with Gasteiger partial charge in [-0.1, -0.05) is 31.4 Å². The van der Waals surface area contributed by atoms with Gasteiger partial charge in [0, 0.05) is 17.7 Å². The first kappa shape index (κ1) is 21.2. The smallest absolute Gasteiger partial charge is 0.223 e. The number of carbonyl (C=O) groups is 1. The van der Waals surface area contributed by atoms with Gasteiger partial charge in [-0.2, -0.15) is 0 Å². The topological polar surface area (TPSA) is 94.6 Å². The van der Waals surface area contributed by atoms with Crippen LogP contribution in [0, 0.1) is 5.92 Å². The molecule has 1 aliphatic carbocycles. The van der Waals surface area contributed by atoms with Crippen LogP contribution in [-0.4, -0.2) is 60.5 Å². The highest BCUT2D eigenvalue weighted by Crippen LogP contribution is 2.31. The van der Waals surface area contributed by atoms with Gasteiger partial charge in [0.05, 0.1) is 38.1 Å². The molecule has 8 nitrogen and oxygen atoms in total. The van der Waals surface area contributed by atoms with Crippen LogP contribution in [0.15, 0.2) is 36.5 Å². The number of methoxy groups -OCH3 is 1. The average molecular weight is 439 g/mol. The van der Waals surface area contributed by atoms with Crippen molar-refractivity contribution in [1.29, 1.82) is 0 Å². The van der Waals surface area contributed by atoms with Gasteiger partial charge in [-0.3, -0.25) is 4.79 Å². The maximum absolute atomic E-state index is 12.7. The maximum Gasteiger partial charge on any atom is 0.223 e. The van der Waals surface area contributed by atoms with Crippen LogP contribution in [0.2, 0.25) is 0 Å². The molecule has 3 heterocycles. The maximum atomic E-state index is 12.7. The molecule has 1 amide bonds. The summed E-state index contributed by atoms with van der Waals surface area (Å²) in [5, 5.41) is 6.56. The molecule has 2 N–H and O–H groups in total. The fourth-order valence-electron chi connectivity index (χ4n) is 5.01. The highest BCUT2D eigenvalue weighted by Gasteiger charge is 2.48. The molecule has 0 radical (unpaired) electrons. The van der Waals surface area contributed by atoms with Gasteiger partial charge in [0.2, 0.25) is 11.9 Å². The summed E-state index contributed by atoms with van der Waals surface area (Å²) in [5.41, 5.74) is 1.68. The van der Waals surface area contributed by atoms with Crippen molar-refractivity contribution >= 4 is 11.9 Å². The van der Waals surface area contributed by atoms with Gasteiger partial charge in [-0.25, -0.2) is 9.97 Å². The lowest BCUT2D eigenvalue weighted by Crippen LogP contribution is -2.47. The lowest BCUT2D eigenvalue weighted by Gasteiger charge is -2.24. The van der Waals surface area contributed by atoms with E-state index in [9.17, 15) is 4.79 Å². The van der Waals surface area contributed by atoms with Crippen LogP contribution in [0.25, 0.3) is 11.3 Å². The average Bonchev–Trinajstić information content (AvgIpc) is 3.43. The molecule has 0 unspecified atom stereocenters. The van der Waals surface area contributed by atoms with E-state index in [0.717, 1.165) is 42.7 Å². The number of benzene rings is 1. The molecule has 32 heavy (non-hydrogen) atoms. The van der Waals surface area contributed by atoms with Crippen molar-refractivity contribution in [3.8, 4) is 17.0 Å². The van der Waals surface area contributed by atoms with E-state index in [0.29, 0.717) is 19.2 Å². The van der Waals surface area contributed by atoms with Crippen molar-refractivity contribution < 1.29 is 19.0 Å². The molecular formula is C24H30N4O4. The fraction of sp³-hybridized carbons (Fsp3) is 0.542. The Balaban J connectivity index is 1.23. The van der Waals surface area contributed by atoms with E-state index < -0.39 is 0 Å². The Bertz CT molecular complexity index is 949. The van der Waals surface area contributed by atoms with Crippen molar-refractivity contribution in [2.45, 2.75) is 56.4 Å². The van der Waals surface area contributed by atoms with Crippen LogP contribution >= 0.6 is 0 Å². The molecule has 5 rings (SSSR count). The van der Waals surface area contributed by atoms with Gasteiger partial charge in [0.25, 0.3) is 0 Å². The quantitative estimate of drug-likeness (QED) is 0.716. The number of fused-ring (bicyclic) bond motifs is 1. The van der Waals surface area contributed by atoms with Crippen molar-refractivity contribution in [2.24, 2.45) is 5.92 Å². The van der Waals surface area contributed by atoms with E-state index in [1.165, 1.54) is 6.42 Å². The summed E-state index contributed by atoms with van der Waals surface area (Å²) in [5.74, 6) is 1.55. The highest BCUT2D eigenvalue weighted by atomic mass is 16.6. The van der Waals surface area contributed by atoms with Crippen LogP contribution in [0.1, 0.15) is 32.1 Å². The van der Waals surface area contributed by atoms with Crippen LogP contribution < -0.4 is 15.4 Å². The summed E-state index contributed by atoms with van der Waals surface area (Å²) in [7, 11) is 1.65. The standard InChI is InChI=1S/C24H30N4O4/c1-30-20-10-6-5-9-16(20)17-11-12-25-24(27-17)28-19-14-32-21-18(13-31-22(19)21)26-23(29)15-7-3-2-4-8-15/h5-6,9-12,15,18-19,21-22H,2-4,7-8,13-14H2,1H3,(H,26,29)(H,25,27,28)/t18-,19-,21+,22+/m0/s1. The minimum absolute atomic E-state index is 0.0792. The summed E-state index contributed by atoms with van der Waals surface area (Å²) in [4.78, 5) is 21.7. The summed E-state index contributed by atoms with van der Waals surface area (Å²) < 4.78 is 17.5. The molecule has 2 aliphatic heterocycles. The fourth-order valence-corrected chi connectivity index (χ4v) is 5.01. The Morgan fingerprint density at radius 2 is 1.78 bits per heavy atom. The van der Waals surface area contributed by atoms with Gasteiger partial charge in [-0.05, 0) is 31.0 Å². The lowest BCUT2D eigenvalue weighted by atomic mass is 9.88. The Kier molecular flexibility index (Phi) is 6.23. The first-order valence-corrected chi connectivity index (χ1v) is 11.5. The Labute approximate surface area is 188 Å². The number of aromatic nitrogens is 2. The third-order valence-electron chi connectivity index (χ3n) is 6.71. The summed E-state index contributed by atoms with van der Waals surface area (Å²) >= 11 is 0. The number of amides is 1. The second-order valence-corrected chi connectivity index (χ2v) is 8.76. The first-order chi connectivity index (χ1) is 15.7. The normalized spacial score (nSPS) is 27.7. The zero-order valence-electron chi connectivity index (χ0n) is 18.3. The molecule has 2 saturated heterocycles. The lowest BCUT2D eigenvalue weighted by molar-refractivity contribution is -0.127. The Hall–Kier alpha value is -2.71. The SMILES string of the molecule is COc1ccccc1-c1ccnc(N[C@H]2CO[C@H]3[C@@H]2OC[C@@H]3NC(=O)C2CCCCC2)n1. The number of nitrogens with one attached hydrogen (secondary N) is 2. The predicted molar refractivity (Wildman–Crippen MR) is 119 cm³/mol. The van der Waals surface area contributed by atoms with Crippen LogP contribution in [0.4, 0.5) is 5.95 Å².